The highest BCUT2D eigenvalue weighted by Crippen LogP contribution is 2.33. The van der Waals surface area contributed by atoms with Gasteiger partial charge in [0.15, 0.2) is 5.78 Å². The maximum atomic E-state index is 12.9. The predicted octanol–water partition coefficient (Wildman–Crippen LogP) is 4.19. The zero-order chi connectivity index (χ0) is 17.5. The number of benzene rings is 2. The molecule has 3 rings (SSSR count). The molecule has 0 aromatic heterocycles. The van der Waals surface area contributed by atoms with Gasteiger partial charge in [-0.15, -0.1) is 0 Å². The summed E-state index contributed by atoms with van der Waals surface area (Å²) >= 11 is 9.57. The third-order valence-corrected chi connectivity index (χ3v) is 6.98. The van der Waals surface area contributed by atoms with E-state index in [2.05, 4.69) is 15.9 Å². The minimum Gasteiger partial charge on any atom is -0.294 e. The number of hydrogen-bond donors (Lipinski definition) is 0. The van der Waals surface area contributed by atoms with Gasteiger partial charge in [0.05, 0.1) is 9.92 Å². The number of nitrogens with zero attached hydrogens (tertiary/aromatic N) is 1. The highest BCUT2D eigenvalue weighted by atomic mass is 79.9. The topological polar surface area (TPSA) is 54.5 Å². The highest BCUT2D eigenvalue weighted by Gasteiger charge is 2.31. The van der Waals surface area contributed by atoms with Crippen molar-refractivity contribution in [2.45, 2.75) is 24.8 Å². The van der Waals surface area contributed by atoms with Crippen LogP contribution in [-0.2, 0) is 16.6 Å². The van der Waals surface area contributed by atoms with E-state index < -0.39 is 10.0 Å². The molecule has 0 N–H and O–H groups in total. The minimum atomic E-state index is -3.68. The van der Waals surface area contributed by atoms with Crippen LogP contribution in [0.4, 0.5) is 0 Å². The molecule has 0 unspecified atom stereocenters. The van der Waals surface area contributed by atoms with Crippen LogP contribution in [0.3, 0.4) is 0 Å². The summed E-state index contributed by atoms with van der Waals surface area (Å²) in [4.78, 5) is 12.6. The van der Waals surface area contributed by atoms with Gasteiger partial charge >= 0.3 is 0 Å². The normalized spacial score (nSPS) is 15.9. The maximum Gasteiger partial charge on any atom is 0.243 e. The van der Waals surface area contributed by atoms with E-state index in [1.165, 1.54) is 4.31 Å². The maximum absolute atomic E-state index is 12.9. The lowest BCUT2D eigenvalue weighted by Crippen LogP contribution is -2.31. The quantitative estimate of drug-likeness (QED) is 0.721. The number of ketones is 1. The van der Waals surface area contributed by atoms with Gasteiger partial charge in [0.25, 0.3) is 0 Å². The largest absolute Gasteiger partial charge is 0.294 e. The summed E-state index contributed by atoms with van der Waals surface area (Å²) in [6.07, 6.45) is 0.105. The Morgan fingerprint density at radius 2 is 1.79 bits per heavy atom. The molecule has 0 saturated heterocycles. The molecule has 7 heteroatoms. The smallest absolute Gasteiger partial charge is 0.243 e. The third-order valence-electron chi connectivity index (χ3n) is 4.07. The van der Waals surface area contributed by atoms with E-state index in [0.29, 0.717) is 20.6 Å². The van der Waals surface area contributed by atoms with Gasteiger partial charge in [-0.05, 0) is 36.8 Å². The molecule has 126 valence electrons. The molecule has 0 atom stereocenters. The van der Waals surface area contributed by atoms with Gasteiger partial charge in [0.1, 0.15) is 0 Å². The summed E-state index contributed by atoms with van der Waals surface area (Å²) in [5, 5.41) is 0.354. The van der Waals surface area contributed by atoms with Gasteiger partial charge in [-0.2, -0.15) is 4.31 Å². The lowest BCUT2D eigenvalue weighted by Gasteiger charge is -2.21. The molecular weight excluding hydrogens is 414 g/mol. The van der Waals surface area contributed by atoms with E-state index in [1.807, 2.05) is 6.92 Å². The number of halogens is 2. The van der Waals surface area contributed by atoms with Crippen LogP contribution in [0.2, 0.25) is 5.02 Å². The SMILES string of the molecule is Cc1ccc(S(=O)(=O)N2CCC(=O)c3c(Cl)ccc(Br)c3C2)cc1. The monoisotopic (exact) mass is 427 g/mol. The third kappa shape index (κ3) is 3.16. The van der Waals surface area contributed by atoms with Crippen LogP contribution < -0.4 is 0 Å². The van der Waals surface area contributed by atoms with Crippen LogP contribution in [-0.4, -0.2) is 25.1 Å². The molecule has 0 radical (unpaired) electrons. The van der Waals surface area contributed by atoms with Gasteiger partial charge in [-0.3, -0.25) is 4.79 Å². The molecule has 2 aromatic carbocycles. The van der Waals surface area contributed by atoms with Crippen molar-refractivity contribution in [2.24, 2.45) is 0 Å². The van der Waals surface area contributed by atoms with E-state index in [0.717, 1.165) is 5.56 Å². The number of fused-ring (bicyclic) bond motifs is 1. The van der Waals surface area contributed by atoms with E-state index in [4.69, 9.17) is 11.6 Å². The molecule has 0 bridgehead atoms. The number of sulfonamides is 1. The van der Waals surface area contributed by atoms with Crippen molar-refractivity contribution in [1.82, 2.24) is 4.31 Å². The fourth-order valence-electron chi connectivity index (χ4n) is 2.72. The summed E-state index contributed by atoms with van der Waals surface area (Å²) in [5.41, 5.74) is 2.01. The second kappa shape index (κ2) is 6.59. The van der Waals surface area contributed by atoms with Crippen molar-refractivity contribution in [3.63, 3.8) is 0 Å². The first kappa shape index (κ1) is 17.6. The number of carbonyl (C=O) groups is 1. The summed E-state index contributed by atoms with van der Waals surface area (Å²) in [6.45, 7) is 2.14. The summed E-state index contributed by atoms with van der Waals surface area (Å²) in [6, 6.07) is 10.1. The Bertz CT molecular complexity index is 910. The number of aryl methyl sites for hydroxylation is 1. The van der Waals surface area contributed by atoms with E-state index in [1.54, 1.807) is 36.4 Å². The second-order valence-electron chi connectivity index (χ2n) is 5.71. The first-order chi connectivity index (χ1) is 11.3. The zero-order valence-corrected chi connectivity index (χ0v) is 16.1. The van der Waals surface area contributed by atoms with E-state index in [9.17, 15) is 13.2 Å². The summed E-state index contributed by atoms with van der Waals surface area (Å²) < 4.78 is 27.9. The highest BCUT2D eigenvalue weighted by molar-refractivity contribution is 9.10. The van der Waals surface area contributed by atoms with E-state index >= 15 is 0 Å². The zero-order valence-electron chi connectivity index (χ0n) is 12.9. The van der Waals surface area contributed by atoms with Gasteiger partial charge < -0.3 is 0 Å². The molecule has 0 amide bonds. The Kier molecular flexibility index (Phi) is 4.84. The minimum absolute atomic E-state index is 0.105. The standard InChI is InChI=1S/C17H15BrClNO3S/c1-11-2-4-12(5-3-11)24(22,23)20-9-8-16(21)17-13(10-20)14(18)6-7-15(17)19/h2-7H,8-10H2,1H3. The molecule has 1 heterocycles. The van der Waals surface area contributed by atoms with Crippen LogP contribution in [0.15, 0.2) is 45.8 Å². The molecule has 0 spiro atoms. The number of Topliss-reactive ketones (excluding diaryl/α,β-unsaturated/α-hetero) is 1. The van der Waals surface area contributed by atoms with Crippen molar-refractivity contribution >= 4 is 43.3 Å². The molecule has 1 aliphatic heterocycles. The van der Waals surface area contributed by atoms with Crippen molar-refractivity contribution in [1.29, 1.82) is 0 Å². The molecule has 0 saturated carbocycles. The Balaban J connectivity index is 2.06. The summed E-state index contributed by atoms with van der Waals surface area (Å²) in [7, 11) is -3.68. The molecule has 2 aromatic rings. The molecule has 4 nitrogen and oxygen atoms in total. The van der Waals surface area contributed by atoms with Crippen LogP contribution >= 0.6 is 27.5 Å². The Morgan fingerprint density at radius 1 is 1.12 bits per heavy atom. The summed E-state index contributed by atoms with van der Waals surface area (Å²) in [5.74, 6) is -0.141. The van der Waals surface area contributed by atoms with Crippen LogP contribution in [0.1, 0.15) is 27.9 Å². The molecule has 1 aliphatic rings. The average molecular weight is 429 g/mol. The number of hydrogen-bond acceptors (Lipinski definition) is 3. The number of carbonyl (C=O) groups excluding carboxylic acids is 1. The van der Waals surface area contributed by atoms with Gasteiger partial charge in [0, 0.05) is 29.5 Å². The molecule has 0 aliphatic carbocycles. The lowest BCUT2D eigenvalue weighted by molar-refractivity contribution is 0.0981. The van der Waals surface area contributed by atoms with Crippen molar-refractivity contribution in [3.8, 4) is 0 Å². The van der Waals surface area contributed by atoms with Crippen molar-refractivity contribution in [3.05, 3.63) is 62.6 Å². The Morgan fingerprint density at radius 3 is 2.46 bits per heavy atom. The van der Waals surface area contributed by atoms with Crippen LogP contribution in [0, 0.1) is 6.92 Å². The first-order valence-corrected chi connectivity index (χ1v) is 9.98. The lowest BCUT2D eigenvalue weighted by atomic mass is 10.0. The average Bonchev–Trinajstić information content (AvgIpc) is 2.72. The fraction of sp³-hybridized carbons (Fsp3) is 0.235. The van der Waals surface area contributed by atoms with Crippen molar-refractivity contribution < 1.29 is 13.2 Å². The number of rotatable bonds is 2. The Hall–Kier alpha value is -1.21. The molecule has 24 heavy (non-hydrogen) atoms. The van der Waals surface area contributed by atoms with Crippen molar-refractivity contribution in [2.75, 3.05) is 6.54 Å². The molecule has 0 fully saturated rings. The van der Waals surface area contributed by atoms with Crippen LogP contribution in [0.5, 0.6) is 0 Å². The van der Waals surface area contributed by atoms with Gasteiger partial charge in [0.2, 0.25) is 10.0 Å². The predicted molar refractivity (Wildman–Crippen MR) is 96.9 cm³/mol. The second-order valence-corrected chi connectivity index (χ2v) is 8.91. The van der Waals surface area contributed by atoms with Crippen LogP contribution in [0.25, 0.3) is 0 Å². The van der Waals surface area contributed by atoms with E-state index in [-0.39, 0.29) is 30.2 Å². The first-order valence-electron chi connectivity index (χ1n) is 7.37. The molecular formula is C17H15BrClNO3S. The van der Waals surface area contributed by atoms with Gasteiger partial charge in [-0.25, -0.2) is 8.42 Å². The Labute approximate surface area is 154 Å². The fourth-order valence-corrected chi connectivity index (χ4v) is 4.87. The van der Waals surface area contributed by atoms with Gasteiger partial charge in [-0.1, -0.05) is 45.2 Å².